The molecule has 4 rings (SSSR count). The van der Waals surface area contributed by atoms with Crippen molar-refractivity contribution < 1.29 is 22.3 Å². The third-order valence-corrected chi connectivity index (χ3v) is 7.59. The highest BCUT2D eigenvalue weighted by molar-refractivity contribution is 5.73. The Labute approximate surface area is 217 Å². The number of methoxy groups -OCH3 is 1. The number of unbranched alkanes of at least 4 members (excludes halogenated alkanes) is 2. The summed E-state index contributed by atoms with van der Waals surface area (Å²) in [4.78, 5) is 0. The normalized spacial score (nSPS) is 17.9. The van der Waals surface area contributed by atoms with Crippen LogP contribution in [0.1, 0.15) is 80.9 Å². The highest BCUT2D eigenvalue weighted by atomic mass is 19.2. The molecule has 0 atom stereocenters. The van der Waals surface area contributed by atoms with Gasteiger partial charge in [-0.2, -0.15) is 4.39 Å². The summed E-state index contributed by atoms with van der Waals surface area (Å²) >= 11 is 0. The first kappa shape index (κ1) is 27.0. The average molecular weight is 511 g/mol. The van der Waals surface area contributed by atoms with Crippen molar-refractivity contribution in [2.45, 2.75) is 64.2 Å². The first-order valence-electron chi connectivity index (χ1n) is 13.2. The molecule has 0 N–H and O–H groups in total. The smallest absolute Gasteiger partial charge is 0.201 e. The summed E-state index contributed by atoms with van der Waals surface area (Å²) in [7, 11) is 1.28. The van der Waals surface area contributed by atoms with Crippen molar-refractivity contribution in [3.63, 3.8) is 0 Å². The van der Waals surface area contributed by atoms with E-state index >= 15 is 0 Å². The molecular formula is C32H34F4O. The fourth-order valence-corrected chi connectivity index (χ4v) is 5.34. The van der Waals surface area contributed by atoms with Crippen LogP contribution in [-0.2, 0) is 0 Å². The van der Waals surface area contributed by atoms with Crippen LogP contribution >= 0.6 is 0 Å². The molecule has 37 heavy (non-hydrogen) atoms. The van der Waals surface area contributed by atoms with Gasteiger partial charge >= 0.3 is 0 Å². The second kappa shape index (κ2) is 12.4. The molecule has 5 heteroatoms. The standard InChI is InChI=1S/C32H34F4O/c1-3-4-5-6-21-7-12-23(13-8-21)26-18-17-25(29(33)30(26)34)16-11-22-9-14-24(15-10-22)27-19-20-28(37-2)32(36)31(27)35/h9-11,14-21,23H,3-8,12-13H2,1-2H3. The molecular weight excluding hydrogens is 476 g/mol. The van der Waals surface area contributed by atoms with Gasteiger partial charge in [0.15, 0.2) is 23.2 Å². The topological polar surface area (TPSA) is 9.23 Å². The maximum atomic E-state index is 15.0. The van der Waals surface area contributed by atoms with Gasteiger partial charge in [0.2, 0.25) is 5.82 Å². The maximum Gasteiger partial charge on any atom is 0.201 e. The van der Waals surface area contributed by atoms with Crippen LogP contribution in [0.5, 0.6) is 5.75 Å². The summed E-state index contributed by atoms with van der Waals surface area (Å²) in [6, 6.07) is 12.9. The van der Waals surface area contributed by atoms with Crippen molar-refractivity contribution in [2.24, 2.45) is 5.92 Å². The molecule has 0 bridgehead atoms. The van der Waals surface area contributed by atoms with Gasteiger partial charge in [-0.3, -0.25) is 0 Å². The van der Waals surface area contributed by atoms with Gasteiger partial charge in [0.05, 0.1) is 7.11 Å². The molecule has 0 radical (unpaired) electrons. The van der Waals surface area contributed by atoms with Crippen LogP contribution in [0.4, 0.5) is 17.6 Å². The van der Waals surface area contributed by atoms with Crippen LogP contribution < -0.4 is 4.74 Å². The average Bonchev–Trinajstić information content (AvgIpc) is 2.92. The molecule has 1 fully saturated rings. The molecule has 0 unspecified atom stereocenters. The second-order valence-electron chi connectivity index (χ2n) is 9.98. The molecule has 0 amide bonds. The van der Waals surface area contributed by atoms with Crippen molar-refractivity contribution >= 4 is 12.2 Å². The molecule has 0 aromatic heterocycles. The quantitative estimate of drug-likeness (QED) is 0.158. The Morgan fingerprint density at radius 3 is 2.16 bits per heavy atom. The third-order valence-electron chi connectivity index (χ3n) is 7.59. The summed E-state index contributed by atoms with van der Waals surface area (Å²) in [5.74, 6) is -2.96. The van der Waals surface area contributed by atoms with E-state index in [0.717, 1.165) is 31.2 Å². The van der Waals surface area contributed by atoms with Crippen molar-refractivity contribution in [2.75, 3.05) is 7.11 Å². The molecule has 1 aliphatic carbocycles. The van der Waals surface area contributed by atoms with E-state index in [1.165, 1.54) is 51.0 Å². The minimum Gasteiger partial charge on any atom is -0.494 e. The molecule has 1 aliphatic rings. The molecule has 196 valence electrons. The van der Waals surface area contributed by atoms with Gasteiger partial charge in [0.25, 0.3) is 0 Å². The van der Waals surface area contributed by atoms with Crippen molar-refractivity contribution in [3.05, 3.63) is 88.5 Å². The maximum absolute atomic E-state index is 15.0. The Hall–Kier alpha value is -3.08. The number of benzene rings is 3. The third kappa shape index (κ3) is 6.26. The molecule has 3 aromatic rings. The first-order chi connectivity index (χ1) is 17.9. The van der Waals surface area contributed by atoms with Crippen LogP contribution in [-0.4, -0.2) is 7.11 Å². The van der Waals surface area contributed by atoms with Crippen LogP contribution in [0.25, 0.3) is 23.3 Å². The fraction of sp³-hybridized carbons (Fsp3) is 0.375. The van der Waals surface area contributed by atoms with E-state index < -0.39 is 23.3 Å². The summed E-state index contributed by atoms with van der Waals surface area (Å²) in [5, 5.41) is 0. The number of hydrogen-bond donors (Lipinski definition) is 0. The van der Waals surface area contributed by atoms with Crippen LogP contribution in [0.3, 0.4) is 0 Å². The van der Waals surface area contributed by atoms with E-state index in [9.17, 15) is 17.6 Å². The first-order valence-corrected chi connectivity index (χ1v) is 13.2. The van der Waals surface area contributed by atoms with Crippen LogP contribution in [0.15, 0.2) is 48.5 Å². The lowest BCUT2D eigenvalue weighted by atomic mass is 9.76. The van der Waals surface area contributed by atoms with Crippen LogP contribution in [0.2, 0.25) is 0 Å². The molecule has 1 saturated carbocycles. The van der Waals surface area contributed by atoms with Gasteiger partial charge in [0, 0.05) is 11.1 Å². The Morgan fingerprint density at radius 1 is 0.757 bits per heavy atom. The van der Waals surface area contributed by atoms with E-state index in [1.54, 1.807) is 42.5 Å². The lowest BCUT2D eigenvalue weighted by Crippen LogP contribution is -2.15. The Morgan fingerprint density at radius 2 is 1.49 bits per heavy atom. The molecule has 3 aromatic carbocycles. The second-order valence-corrected chi connectivity index (χ2v) is 9.98. The summed E-state index contributed by atoms with van der Waals surface area (Å²) in [6.45, 7) is 2.21. The monoisotopic (exact) mass is 510 g/mol. The summed E-state index contributed by atoms with van der Waals surface area (Å²) in [6.07, 6.45) is 12.2. The summed E-state index contributed by atoms with van der Waals surface area (Å²) in [5.41, 5.74) is 2.01. The largest absolute Gasteiger partial charge is 0.494 e. The molecule has 0 aliphatic heterocycles. The Balaban J connectivity index is 1.42. The zero-order valence-corrected chi connectivity index (χ0v) is 21.5. The molecule has 0 saturated heterocycles. The Kier molecular flexibility index (Phi) is 9.07. The highest BCUT2D eigenvalue weighted by Gasteiger charge is 2.26. The SMILES string of the molecule is CCCCCC1CCC(c2ccc(C=Cc3ccc(-c4ccc(OC)c(F)c4F)cc3)c(F)c2F)CC1. The van der Waals surface area contributed by atoms with Gasteiger partial charge in [-0.15, -0.1) is 0 Å². The zero-order chi connectivity index (χ0) is 26.4. The van der Waals surface area contributed by atoms with Crippen molar-refractivity contribution in [3.8, 4) is 16.9 Å². The van der Waals surface area contributed by atoms with Crippen molar-refractivity contribution in [1.29, 1.82) is 0 Å². The van der Waals surface area contributed by atoms with E-state index in [2.05, 4.69) is 6.92 Å². The van der Waals surface area contributed by atoms with Gasteiger partial charge in [0.1, 0.15) is 0 Å². The minimum absolute atomic E-state index is 0.0747. The van der Waals surface area contributed by atoms with Crippen LogP contribution in [0, 0.1) is 29.2 Å². The molecule has 0 heterocycles. The van der Waals surface area contributed by atoms with E-state index in [4.69, 9.17) is 4.74 Å². The fourth-order valence-electron chi connectivity index (χ4n) is 5.34. The lowest BCUT2D eigenvalue weighted by Gasteiger charge is -2.29. The predicted molar refractivity (Wildman–Crippen MR) is 142 cm³/mol. The van der Waals surface area contributed by atoms with Gasteiger partial charge in [-0.1, -0.05) is 81.2 Å². The minimum atomic E-state index is -1.04. The zero-order valence-electron chi connectivity index (χ0n) is 21.5. The summed E-state index contributed by atoms with van der Waals surface area (Å²) < 4.78 is 63.2. The predicted octanol–water partition coefficient (Wildman–Crippen LogP) is 9.94. The number of rotatable bonds is 9. The van der Waals surface area contributed by atoms with Gasteiger partial charge < -0.3 is 4.74 Å². The van der Waals surface area contributed by atoms with Crippen molar-refractivity contribution in [1.82, 2.24) is 0 Å². The van der Waals surface area contributed by atoms with E-state index in [-0.39, 0.29) is 22.8 Å². The molecule has 0 spiro atoms. The van der Waals surface area contributed by atoms with E-state index in [1.807, 2.05) is 0 Å². The van der Waals surface area contributed by atoms with Gasteiger partial charge in [-0.25, -0.2) is 13.2 Å². The number of ether oxygens (including phenoxy) is 1. The Bertz CT molecular complexity index is 1220. The highest BCUT2D eigenvalue weighted by Crippen LogP contribution is 2.39. The van der Waals surface area contributed by atoms with Gasteiger partial charge in [-0.05, 0) is 66.3 Å². The molecule has 1 nitrogen and oxygen atoms in total. The van der Waals surface area contributed by atoms with E-state index in [0.29, 0.717) is 17.0 Å². The lowest BCUT2D eigenvalue weighted by molar-refractivity contribution is 0.298. The number of hydrogen-bond acceptors (Lipinski definition) is 1. The number of halogens is 4.